The molecule has 1 heterocycles. The lowest BCUT2D eigenvalue weighted by molar-refractivity contribution is 0.0545. The zero-order chi connectivity index (χ0) is 9.80. The summed E-state index contributed by atoms with van der Waals surface area (Å²) >= 11 is 0. The molecule has 82 valence electrons. The van der Waals surface area contributed by atoms with Crippen LogP contribution in [0.4, 0.5) is 0 Å². The Balaban J connectivity index is 1.52. The molecule has 2 unspecified atom stereocenters. The molecule has 2 nitrogen and oxygen atoms in total. The van der Waals surface area contributed by atoms with Crippen LogP contribution in [0.15, 0.2) is 0 Å². The molecule has 0 bridgehead atoms. The maximum absolute atomic E-state index is 5.46. The Kier molecular flexibility index (Phi) is 3.82. The van der Waals surface area contributed by atoms with E-state index in [0.717, 1.165) is 37.5 Å². The summed E-state index contributed by atoms with van der Waals surface area (Å²) in [7, 11) is 0. The molecule has 2 heteroatoms. The zero-order valence-corrected chi connectivity index (χ0v) is 9.30. The van der Waals surface area contributed by atoms with Gasteiger partial charge in [-0.1, -0.05) is 6.92 Å². The lowest BCUT2D eigenvalue weighted by atomic mass is 10.0. The standard InChI is InChI=1S/C12H23NO/c1-10(12-4-5-12)7-13-8-11-3-2-6-14-9-11/h10-13H,2-9H2,1H3. The van der Waals surface area contributed by atoms with Gasteiger partial charge >= 0.3 is 0 Å². The summed E-state index contributed by atoms with van der Waals surface area (Å²) in [5, 5.41) is 3.60. The molecule has 0 aromatic rings. The molecule has 2 rings (SSSR count). The summed E-state index contributed by atoms with van der Waals surface area (Å²) in [5.74, 6) is 2.69. The summed E-state index contributed by atoms with van der Waals surface area (Å²) in [4.78, 5) is 0. The van der Waals surface area contributed by atoms with Crippen molar-refractivity contribution in [3.05, 3.63) is 0 Å². The van der Waals surface area contributed by atoms with E-state index in [1.54, 1.807) is 0 Å². The molecule has 2 fully saturated rings. The Morgan fingerprint density at radius 1 is 1.36 bits per heavy atom. The highest BCUT2D eigenvalue weighted by Gasteiger charge is 2.27. The van der Waals surface area contributed by atoms with Crippen LogP contribution in [-0.2, 0) is 4.74 Å². The van der Waals surface area contributed by atoms with Gasteiger partial charge in [0.25, 0.3) is 0 Å². The van der Waals surface area contributed by atoms with Crippen molar-refractivity contribution < 1.29 is 4.74 Å². The molecule has 1 aliphatic heterocycles. The Morgan fingerprint density at radius 3 is 2.86 bits per heavy atom. The first-order valence-electron chi connectivity index (χ1n) is 6.14. The van der Waals surface area contributed by atoms with Gasteiger partial charge < -0.3 is 10.1 Å². The minimum Gasteiger partial charge on any atom is -0.381 e. The van der Waals surface area contributed by atoms with Crippen molar-refractivity contribution in [1.82, 2.24) is 5.32 Å². The fourth-order valence-corrected chi connectivity index (χ4v) is 2.32. The van der Waals surface area contributed by atoms with Crippen LogP contribution in [0.5, 0.6) is 0 Å². The van der Waals surface area contributed by atoms with E-state index in [2.05, 4.69) is 12.2 Å². The quantitative estimate of drug-likeness (QED) is 0.728. The fraction of sp³-hybridized carbons (Fsp3) is 1.00. The summed E-state index contributed by atoms with van der Waals surface area (Å²) in [6.45, 7) is 6.71. The van der Waals surface area contributed by atoms with Gasteiger partial charge in [-0.05, 0) is 50.0 Å². The van der Waals surface area contributed by atoms with E-state index in [1.165, 1.54) is 32.2 Å². The predicted octanol–water partition coefficient (Wildman–Crippen LogP) is 2.05. The van der Waals surface area contributed by atoms with Crippen molar-refractivity contribution in [1.29, 1.82) is 0 Å². The van der Waals surface area contributed by atoms with E-state index in [1.807, 2.05) is 0 Å². The van der Waals surface area contributed by atoms with E-state index in [9.17, 15) is 0 Å². The van der Waals surface area contributed by atoms with Crippen molar-refractivity contribution in [2.45, 2.75) is 32.6 Å². The largest absolute Gasteiger partial charge is 0.381 e. The van der Waals surface area contributed by atoms with Crippen LogP contribution >= 0.6 is 0 Å². The van der Waals surface area contributed by atoms with Gasteiger partial charge in [-0.2, -0.15) is 0 Å². The Labute approximate surface area is 87.4 Å². The zero-order valence-electron chi connectivity index (χ0n) is 9.30. The van der Waals surface area contributed by atoms with Crippen molar-refractivity contribution in [2.24, 2.45) is 17.8 Å². The molecule has 1 saturated carbocycles. The third-order valence-electron chi connectivity index (χ3n) is 3.58. The first-order chi connectivity index (χ1) is 6.86. The van der Waals surface area contributed by atoms with Crippen LogP contribution < -0.4 is 5.32 Å². The molecule has 2 aliphatic rings. The maximum Gasteiger partial charge on any atom is 0.0506 e. The van der Waals surface area contributed by atoms with Crippen LogP contribution in [0.2, 0.25) is 0 Å². The van der Waals surface area contributed by atoms with E-state index < -0.39 is 0 Å². The Bertz CT molecular complexity index is 162. The SMILES string of the molecule is CC(CNCC1CCCOC1)C1CC1. The molecule has 1 aliphatic carbocycles. The van der Waals surface area contributed by atoms with Crippen LogP contribution in [0, 0.1) is 17.8 Å². The van der Waals surface area contributed by atoms with E-state index in [-0.39, 0.29) is 0 Å². The van der Waals surface area contributed by atoms with Gasteiger partial charge in [-0.25, -0.2) is 0 Å². The van der Waals surface area contributed by atoms with Gasteiger partial charge in [-0.15, -0.1) is 0 Å². The van der Waals surface area contributed by atoms with Crippen molar-refractivity contribution in [3.8, 4) is 0 Å². The molecule has 1 N–H and O–H groups in total. The second-order valence-corrected chi connectivity index (χ2v) is 5.06. The lowest BCUT2D eigenvalue weighted by Crippen LogP contribution is -2.32. The highest BCUT2D eigenvalue weighted by molar-refractivity contribution is 4.80. The topological polar surface area (TPSA) is 21.3 Å². The number of nitrogens with one attached hydrogen (secondary N) is 1. The molecule has 0 aromatic carbocycles. The normalized spacial score (nSPS) is 30.2. The minimum absolute atomic E-state index is 0.773. The summed E-state index contributed by atoms with van der Waals surface area (Å²) in [5.41, 5.74) is 0. The highest BCUT2D eigenvalue weighted by Crippen LogP contribution is 2.36. The third-order valence-corrected chi connectivity index (χ3v) is 3.58. The summed E-state index contributed by atoms with van der Waals surface area (Å²) in [6, 6.07) is 0. The van der Waals surface area contributed by atoms with Crippen LogP contribution in [-0.4, -0.2) is 26.3 Å². The average molecular weight is 197 g/mol. The number of hydrogen-bond donors (Lipinski definition) is 1. The van der Waals surface area contributed by atoms with Gasteiger partial charge in [0.05, 0.1) is 6.61 Å². The molecular weight excluding hydrogens is 174 g/mol. The second-order valence-electron chi connectivity index (χ2n) is 5.06. The molecule has 1 saturated heterocycles. The van der Waals surface area contributed by atoms with E-state index >= 15 is 0 Å². The molecule has 0 spiro atoms. The molecule has 2 atom stereocenters. The molecule has 0 aromatic heterocycles. The van der Waals surface area contributed by atoms with Crippen LogP contribution in [0.3, 0.4) is 0 Å². The van der Waals surface area contributed by atoms with E-state index in [4.69, 9.17) is 4.74 Å². The Hall–Kier alpha value is -0.0800. The molecule has 0 radical (unpaired) electrons. The monoisotopic (exact) mass is 197 g/mol. The van der Waals surface area contributed by atoms with Gasteiger partial charge in [0.15, 0.2) is 0 Å². The van der Waals surface area contributed by atoms with Crippen molar-refractivity contribution >= 4 is 0 Å². The maximum atomic E-state index is 5.46. The first-order valence-corrected chi connectivity index (χ1v) is 6.14. The van der Waals surface area contributed by atoms with Gasteiger partial charge in [0.1, 0.15) is 0 Å². The number of ether oxygens (including phenoxy) is 1. The molecule has 14 heavy (non-hydrogen) atoms. The first kappa shape index (κ1) is 10.4. The smallest absolute Gasteiger partial charge is 0.0506 e. The third kappa shape index (κ3) is 3.25. The van der Waals surface area contributed by atoms with Crippen LogP contribution in [0.1, 0.15) is 32.6 Å². The van der Waals surface area contributed by atoms with Crippen LogP contribution in [0.25, 0.3) is 0 Å². The molecule has 0 amide bonds. The summed E-state index contributed by atoms with van der Waals surface area (Å²) < 4.78 is 5.46. The summed E-state index contributed by atoms with van der Waals surface area (Å²) in [6.07, 6.45) is 5.54. The Morgan fingerprint density at radius 2 is 2.21 bits per heavy atom. The highest BCUT2D eigenvalue weighted by atomic mass is 16.5. The van der Waals surface area contributed by atoms with Crippen molar-refractivity contribution in [3.63, 3.8) is 0 Å². The van der Waals surface area contributed by atoms with Gasteiger partial charge in [-0.3, -0.25) is 0 Å². The van der Waals surface area contributed by atoms with Crippen molar-refractivity contribution in [2.75, 3.05) is 26.3 Å². The number of rotatable bonds is 5. The van der Waals surface area contributed by atoms with Gasteiger partial charge in [0.2, 0.25) is 0 Å². The predicted molar refractivity (Wildman–Crippen MR) is 58.3 cm³/mol. The van der Waals surface area contributed by atoms with E-state index in [0.29, 0.717) is 0 Å². The lowest BCUT2D eigenvalue weighted by Gasteiger charge is -2.23. The average Bonchev–Trinajstić information content (AvgIpc) is 3.02. The molecular formula is C12H23NO. The fourth-order valence-electron chi connectivity index (χ4n) is 2.32. The second kappa shape index (κ2) is 5.13. The minimum atomic E-state index is 0.773. The number of hydrogen-bond acceptors (Lipinski definition) is 2. The van der Waals surface area contributed by atoms with Gasteiger partial charge in [0, 0.05) is 13.2 Å².